The molecule has 1 aliphatic rings. The summed E-state index contributed by atoms with van der Waals surface area (Å²) in [6, 6.07) is 8.30. The molecule has 0 saturated heterocycles. The Kier molecular flexibility index (Phi) is 2.07. The summed E-state index contributed by atoms with van der Waals surface area (Å²) >= 11 is 0. The molecule has 88 valence electrons. The number of halogens is 1. The number of benzene rings is 2. The lowest BCUT2D eigenvalue weighted by molar-refractivity contribution is 0.0979. The largest absolute Gasteiger partial charge is 0.398 e. The van der Waals surface area contributed by atoms with Crippen LogP contribution in [0.25, 0.3) is 0 Å². The topological polar surface area (TPSA) is 60.2 Å². The lowest BCUT2D eigenvalue weighted by Crippen LogP contribution is -2.22. The van der Waals surface area contributed by atoms with Crippen molar-refractivity contribution in [2.75, 3.05) is 5.73 Å². The molecule has 0 atom stereocenters. The van der Waals surface area contributed by atoms with Gasteiger partial charge in [0.25, 0.3) is 0 Å². The third-order valence-electron chi connectivity index (χ3n) is 3.04. The van der Waals surface area contributed by atoms with Crippen LogP contribution in [0.5, 0.6) is 0 Å². The Labute approximate surface area is 102 Å². The Morgan fingerprint density at radius 3 is 2.44 bits per heavy atom. The van der Waals surface area contributed by atoms with E-state index in [1.807, 2.05) is 0 Å². The van der Waals surface area contributed by atoms with Crippen LogP contribution < -0.4 is 5.73 Å². The number of carbonyl (C=O) groups is 2. The van der Waals surface area contributed by atoms with Crippen LogP contribution >= 0.6 is 0 Å². The Hall–Kier alpha value is -2.49. The predicted molar refractivity (Wildman–Crippen MR) is 64.1 cm³/mol. The van der Waals surface area contributed by atoms with E-state index in [0.717, 1.165) is 6.07 Å². The highest BCUT2D eigenvalue weighted by molar-refractivity contribution is 6.30. The molecule has 2 N–H and O–H groups in total. The number of hydrogen-bond donors (Lipinski definition) is 1. The van der Waals surface area contributed by atoms with E-state index in [-0.39, 0.29) is 33.7 Å². The van der Waals surface area contributed by atoms with Gasteiger partial charge >= 0.3 is 0 Å². The van der Waals surface area contributed by atoms with Crippen molar-refractivity contribution in [3.05, 3.63) is 64.5 Å². The van der Waals surface area contributed by atoms with Gasteiger partial charge in [-0.15, -0.1) is 0 Å². The van der Waals surface area contributed by atoms with Gasteiger partial charge in [0.05, 0.1) is 5.56 Å². The van der Waals surface area contributed by atoms with Gasteiger partial charge in [0.1, 0.15) is 5.82 Å². The van der Waals surface area contributed by atoms with Crippen molar-refractivity contribution in [3.8, 4) is 0 Å². The highest BCUT2D eigenvalue weighted by atomic mass is 19.1. The van der Waals surface area contributed by atoms with Crippen LogP contribution in [0.2, 0.25) is 0 Å². The fraction of sp³-hybridized carbons (Fsp3) is 0. The van der Waals surface area contributed by atoms with Crippen molar-refractivity contribution in [2.24, 2.45) is 0 Å². The molecular weight excluding hydrogens is 233 g/mol. The predicted octanol–water partition coefficient (Wildman–Crippen LogP) is 2.18. The lowest BCUT2D eigenvalue weighted by Gasteiger charge is -2.18. The molecule has 2 aromatic carbocycles. The fourth-order valence-electron chi connectivity index (χ4n) is 2.19. The van der Waals surface area contributed by atoms with E-state index >= 15 is 0 Å². The van der Waals surface area contributed by atoms with Crippen LogP contribution in [0.4, 0.5) is 10.1 Å². The van der Waals surface area contributed by atoms with Crippen LogP contribution in [0.3, 0.4) is 0 Å². The quantitative estimate of drug-likeness (QED) is 0.614. The molecule has 1 aliphatic carbocycles. The molecule has 0 radical (unpaired) electrons. The first-order valence-corrected chi connectivity index (χ1v) is 5.37. The molecule has 3 nitrogen and oxygen atoms in total. The highest BCUT2D eigenvalue weighted by Crippen LogP contribution is 2.30. The van der Waals surface area contributed by atoms with Crippen LogP contribution in [0.1, 0.15) is 31.8 Å². The van der Waals surface area contributed by atoms with Crippen LogP contribution in [-0.4, -0.2) is 11.6 Å². The zero-order chi connectivity index (χ0) is 12.9. The number of nitrogens with two attached hydrogens (primary N) is 1. The number of nitrogen functional groups attached to an aromatic ring is 1. The maximum Gasteiger partial charge on any atom is 0.196 e. The van der Waals surface area contributed by atoms with Gasteiger partial charge in [-0.3, -0.25) is 9.59 Å². The van der Waals surface area contributed by atoms with Crippen molar-refractivity contribution in [2.45, 2.75) is 0 Å². The smallest absolute Gasteiger partial charge is 0.196 e. The molecule has 0 spiro atoms. The van der Waals surface area contributed by atoms with Gasteiger partial charge in [0.15, 0.2) is 11.6 Å². The Morgan fingerprint density at radius 1 is 0.889 bits per heavy atom. The molecule has 0 bridgehead atoms. The second kappa shape index (κ2) is 3.50. The molecule has 18 heavy (non-hydrogen) atoms. The van der Waals surface area contributed by atoms with E-state index < -0.39 is 11.6 Å². The minimum absolute atomic E-state index is 0.0744. The summed E-state index contributed by atoms with van der Waals surface area (Å²) in [4.78, 5) is 24.4. The molecule has 2 aromatic rings. The van der Waals surface area contributed by atoms with Crippen molar-refractivity contribution in [1.29, 1.82) is 0 Å². The third-order valence-corrected chi connectivity index (χ3v) is 3.04. The Bertz CT molecular complexity index is 707. The van der Waals surface area contributed by atoms with Gasteiger partial charge in [0.2, 0.25) is 0 Å². The summed E-state index contributed by atoms with van der Waals surface area (Å²) in [5, 5.41) is 0. The summed E-state index contributed by atoms with van der Waals surface area (Å²) < 4.78 is 13.2. The summed E-state index contributed by atoms with van der Waals surface area (Å²) in [6.07, 6.45) is 0. The molecular formula is C14H8FNO2. The fourth-order valence-corrected chi connectivity index (χ4v) is 2.19. The van der Waals surface area contributed by atoms with E-state index in [2.05, 4.69) is 0 Å². The number of fused-ring (bicyclic) bond motifs is 2. The molecule has 0 fully saturated rings. The Morgan fingerprint density at radius 2 is 1.67 bits per heavy atom. The van der Waals surface area contributed by atoms with Crippen molar-refractivity contribution in [1.82, 2.24) is 0 Å². The zero-order valence-electron chi connectivity index (χ0n) is 9.24. The molecule has 0 aromatic heterocycles. The average Bonchev–Trinajstić information content (AvgIpc) is 2.35. The highest BCUT2D eigenvalue weighted by Gasteiger charge is 2.31. The van der Waals surface area contributed by atoms with E-state index in [1.54, 1.807) is 18.2 Å². The molecule has 4 heteroatoms. The van der Waals surface area contributed by atoms with Gasteiger partial charge in [-0.05, 0) is 24.3 Å². The molecule has 0 aliphatic heterocycles. The van der Waals surface area contributed by atoms with Gasteiger partial charge in [-0.25, -0.2) is 4.39 Å². The number of carbonyl (C=O) groups excluding carboxylic acids is 2. The third kappa shape index (κ3) is 1.29. The standard InChI is InChI=1S/C14H8FNO2/c15-7-4-5-8-10(6-7)14(18)12-9(13(8)17)2-1-3-11(12)16/h1-6H,16H2. The molecule has 0 amide bonds. The summed E-state index contributed by atoms with van der Waals surface area (Å²) in [5.74, 6) is -1.25. The molecule has 3 rings (SSSR count). The minimum Gasteiger partial charge on any atom is -0.398 e. The molecule has 0 unspecified atom stereocenters. The monoisotopic (exact) mass is 241 g/mol. The van der Waals surface area contributed by atoms with E-state index in [1.165, 1.54) is 12.1 Å². The van der Waals surface area contributed by atoms with Crippen molar-refractivity contribution in [3.63, 3.8) is 0 Å². The van der Waals surface area contributed by atoms with Gasteiger partial charge in [-0.2, -0.15) is 0 Å². The second-order valence-corrected chi connectivity index (χ2v) is 4.12. The average molecular weight is 241 g/mol. The van der Waals surface area contributed by atoms with Crippen LogP contribution in [0, 0.1) is 5.82 Å². The SMILES string of the molecule is Nc1cccc2c1C(=O)c1cc(F)ccc1C2=O. The van der Waals surface area contributed by atoms with Crippen LogP contribution in [0.15, 0.2) is 36.4 Å². The zero-order valence-corrected chi connectivity index (χ0v) is 9.24. The minimum atomic E-state index is -0.548. The first kappa shape index (κ1) is 10.7. The van der Waals surface area contributed by atoms with Gasteiger partial charge in [-0.1, -0.05) is 12.1 Å². The maximum absolute atomic E-state index is 13.2. The van der Waals surface area contributed by atoms with Crippen molar-refractivity contribution < 1.29 is 14.0 Å². The van der Waals surface area contributed by atoms with Crippen LogP contribution in [-0.2, 0) is 0 Å². The molecule has 0 saturated carbocycles. The molecule has 0 heterocycles. The van der Waals surface area contributed by atoms with E-state index in [0.29, 0.717) is 0 Å². The first-order chi connectivity index (χ1) is 8.59. The number of ketones is 2. The second-order valence-electron chi connectivity index (χ2n) is 4.12. The van der Waals surface area contributed by atoms with Gasteiger partial charge < -0.3 is 5.73 Å². The normalized spacial score (nSPS) is 13.2. The number of anilines is 1. The summed E-state index contributed by atoms with van der Waals surface area (Å²) in [6.45, 7) is 0. The van der Waals surface area contributed by atoms with Crippen molar-refractivity contribution >= 4 is 17.3 Å². The van der Waals surface area contributed by atoms with Gasteiger partial charge in [0, 0.05) is 22.4 Å². The number of hydrogen-bond acceptors (Lipinski definition) is 3. The summed E-state index contributed by atoms with van der Waals surface area (Å²) in [7, 11) is 0. The maximum atomic E-state index is 13.2. The number of rotatable bonds is 0. The Balaban J connectivity index is 2.36. The lowest BCUT2D eigenvalue weighted by atomic mass is 9.83. The van der Waals surface area contributed by atoms with E-state index in [4.69, 9.17) is 5.73 Å². The summed E-state index contributed by atoms with van der Waals surface area (Å²) in [5.41, 5.74) is 6.70. The first-order valence-electron chi connectivity index (χ1n) is 5.37. The van der Waals surface area contributed by atoms with E-state index in [9.17, 15) is 14.0 Å².